The lowest BCUT2D eigenvalue weighted by molar-refractivity contribution is -0.115. The van der Waals surface area contributed by atoms with Crippen LogP contribution in [0, 0.1) is 6.92 Å². The SMILES string of the molecule is CCOc1ccccc1NC(=O)[C@@H](C)Sc1nc(C)cc(=O)[nH]1. The Labute approximate surface area is 138 Å². The third-order valence-electron chi connectivity index (χ3n) is 2.95. The molecule has 1 heterocycles. The van der Waals surface area contributed by atoms with Gasteiger partial charge in [0, 0.05) is 11.8 Å². The average molecular weight is 333 g/mol. The van der Waals surface area contributed by atoms with Crippen molar-refractivity contribution in [3.05, 3.63) is 46.4 Å². The second kappa shape index (κ2) is 7.82. The second-order valence-electron chi connectivity index (χ2n) is 4.87. The highest BCUT2D eigenvalue weighted by molar-refractivity contribution is 8.00. The average Bonchev–Trinajstić information content (AvgIpc) is 2.48. The number of para-hydroxylation sites is 2. The minimum atomic E-state index is -0.422. The minimum absolute atomic E-state index is 0.189. The Kier molecular flexibility index (Phi) is 5.81. The topological polar surface area (TPSA) is 84.1 Å². The van der Waals surface area contributed by atoms with Crippen LogP contribution in [0.5, 0.6) is 5.75 Å². The first-order chi connectivity index (χ1) is 11.0. The highest BCUT2D eigenvalue weighted by Gasteiger charge is 2.17. The number of aryl methyl sites for hydroxylation is 1. The fraction of sp³-hybridized carbons (Fsp3) is 0.312. The van der Waals surface area contributed by atoms with Gasteiger partial charge in [-0.2, -0.15) is 0 Å². The number of anilines is 1. The summed E-state index contributed by atoms with van der Waals surface area (Å²) >= 11 is 1.20. The van der Waals surface area contributed by atoms with Crippen LogP contribution < -0.4 is 15.6 Å². The number of thioether (sulfide) groups is 1. The van der Waals surface area contributed by atoms with E-state index < -0.39 is 5.25 Å². The Morgan fingerprint density at radius 2 is 2.17 bits per heavy atom. The second-order valence-corrected chi connectivity index (χ2v) is 6.20. The van der Waals surface area contributed by atoms with Crippen molar-refractivity contribution in [2.75, 3.05) is 11.9 Å². The van der Waals surface area contributed by atoms with Crippen molar-refractivity contribution in [2.24, 2.45) is 0 Å². The number of H-pyrrole nitrogens is 1. The lowest BCUT2D eigenvalue weighted by Gasteiger charge is -2.14. The van der Waals surface area contributed by atoms with Gasteiger partial charge in [-0.05, 0) is 32.9 Å². The molecule has 0 spiro atoms. The molecular formula is C16H19N3O3S. The van der Waals surface area contributed by atoms with E-state index in [1.54, 1.807) is 26.0 Å². The third kappa shape index (κ3) is 4.85. The molecule has 6 nitrogen and oxygen atoms in total. The molecule has 1 atom stereocenters. The van der Waals surface area contributed by atoms with Gasteiger partial charge in [-0.1, -0.05) is 23.9 Å². The van der Waals surface area contributed by atoms with Crippen LogP contribution in [0.4, 0.5) is 5.69 Å². The van der Waals surface area contributed by atoms with Crippen molar-refractivity contribution >= 4 is 23.4 Å². The number of carbonyl (C=O) groups excluding carboxylic acids is 1. The summed E-state index contributed by atoms with van der Waals surface area (Å²) in [6.07, 6.45) is 0. The molecule has 122 valence electrons. The standard InChI is InChI=1S/C16H19N3O3S/c1-4-22-13-8-6-5-7-12(13)18-15(21)11(3)23-16-17-10(2)9-14(20)19-16/h5-9,11H,4H2,1-3H3,(H,18,21)(H,17,19,20)/t11-/m1/s1. The quantitative estimate of drug-likeness (QED) is 0.627. The Hall–Kier alpha value is -2.28. The smallest absolute Gasteiger partial charge is 0.251 e. The van der Waals surface area contributed by atoms with Gasteiger partial charge in [0.15, 0.2) is 5.16 Å². The van der Waals surface area contributed by atoms with Crippen LogP contribution in [0.2, 0.25) is 0 Å². The van der Waals surface area contributed by atoms with Crippen molar-refractivity contribution < 1.29 is 9.53 Å². The molecule has 2 rings (SSSR count). The molecule has 0 radical (unpaired) electrons. The maximum Gasteiger partial charge on any atom is 0.251 e. The Balaban J connectivity index is 2.07. The van der Waals surface area contributed by atoms with E-state index in [0.717, 1.165) is 0 Å². The largest absolute Gasteiger partial charge is 0.492 e. The van der Waals surface area contributed by atoms with Crippen LogP contribution in [0.1, 0.15) is 19.5 Å². The maximum absolute atomic E-state index is 12.3. The van der Waals surface area contributed by atoms with E-state index in [1.807, 2.05) is 19.1 Å². The summed E-state index contributed by atoms with van der Waals surface area (Å²) in [4.78, 5) is 30.6. The van der Waals surface area contributed by atoms with Crippen LogP contribution >= 0.6 is 11.8 Å². The highest BCUT2D eigenvalue weighted by atomic mass is 32.2. The molecule has 2 N–H and O–H groups in total. The van der Waals surface area contributed by atoms with Crippen LogP contribution in [0.15, 0.2) is 40.3 Å². The van der Waals surface area contributed by atoms with Gasteiger partial charge in [-0.25, -0.2) is 4.98 Å². The van der Waals surface area contributed by atoms with Gasteiger partial charge in [-0.15, -0.1) is 0 Å². The van der Waals surface area contributed by atoms with Crippen LogP contribution in [0.3, 0.4) is 0 Å². The molecule has 0 unspecified atom stereocenters. The summed E-state index contributed by atoms with van der Waals surface area (Å²) in [5.41, 5.74) is 1.01. The van der Waals surface area contributed by atoms with Crippen molar-refractivity contribution in [2.45, 2.75) is 31.2 Å². The Bertz CT molecular complexity index is 745. The van der Waals surface area contributed by atoms with Crippen LogP contribution in [0.25, 0.3) is 0 Å². The van der Waals surface area contributed by atoms with Crippen molar-refractivity contribution in [3.63, 3.8) is 0 Å². The van der Waals surface area contributed by atoms with E-state index in [2.05, 4.69) is 15.3 Å². The fourth-order valence-corrected chi connectivity index (χ4v) is 2.77. The number of hydrogen-bond acceptors (Lipinski definition) is 5. The number of nitrogens with one attached hydrogen (secondary N) is 2. The first-order valence-corrected chi connectivity index (χ1v) is 8.15. The monoisotopic (exact) mass is 333 g/mol. The number of ether oxygens (including phenoxy) is 1. The van der Waals surface area contributed by atoms with Crippen LogP contribution in [-0.4, -0.2) is 27.7 Å². The van der Waals surface area contributed by atoms with E-state index in [0.29, 0.717) is 28.9 Å². The van der Waals surface area contributed by atoms with E-state index >= 15 is 0 Å². The fourth-order valence-electron chi connectivity index (χ4n) is 1.91. The summed E-state index contributed by atoms with van der Waals surface area (Å²) in [7, 11) is 0. The number of rotatable bonds is 6. The third-order valence-corrected chi connectivity index (χ3v) is 3.93. The molecule has 1 aromatic heterocycles. The molecule has 2 aromatic rings. The van der Waals surface area contributed by atoms with Gasteiger partial charge < -0.3 is 15.0 Å². The van der Waals surface area contributed by atoms with Gasteiger partial charge in [0.25, 0.3) is 5.56 Å². The van der Waals surface area contributed by atoms with Crippen LogP contribution in [-0.2, 0) is 4.79 Å². The van der Waals surface area contributed by atoms with Crippen molar-refractivity contribution in [1.29, 1.82) is 0 Å². The summed E-state index contributed by atoms with van der Waals surface area (Å²) < 4.78 is 5.49. The summed E-state index contributed by atoms with van der Waals surface area (Å²) in [6, 6.07) is 8.67. The summed E-state index contributed by atoms with van der Waals surface area (Å²) in [5.74, 6) is 0.439. The first kappa shape index (κ1) is 17.1. The van der Waals surface area contributed by atoms with Gasteiger partial charge in [0.05, 0.1) is 17.5 Å². The normalized spacial score (nSPS) is 11.8. The molecule has 1 aromatic carbocycles. The molecule has 0 aliphatic carbocycles. The number of benzene rings is 1. The first-order valence-electron chi connectivity index (χ1n) is 7.27. The molecule has 0 fully saturated rings. The molecule has 0 saturated heterocycles. The number of amides is 1. The zero-order valence-electron chi connectivity index (χ0n) is 13.3. The molecule has 0 bridgehead atoms. The zero-order chi connectivity index (χ0) is 16.8. The van der Waals surface area contributed by atoms with Gasteiger partial charge in [0.2, 0.25) is 5.91 Å². The van der Waals surface area contributed by atoms with E-state index in [9.17, 15) is 9.59 Å². The minimum Gasteiger partial charge on any atom is -0.492 e. The molecule has 0 saturated carbocycles. The van der Waals surface area contributed by atoms with Gasteiger partial charge in [-0.3, -0.25) is 9.59 Å². The Morgan fingerprint density at radius 3 is 2.87 bits per heavy atom. The lowest BCUT2D eigenvalue weighted by Crippen LogP contribution is -2.23. The molecular weight excluding hydrogens is 314 g/mol. The molecule has 7 heteroatoms. The summed E-state index contributed by atoms with van der Waals surface area (Å²) in [5, 5.41) is 2.84. The molecule has 23 heavy (non-hydrogen) atoms. The Morgan fingerprint density at radius 1 is 1.43 bits per heavy atom. The van der Waals surface area contributed by atoms with Gasteiger partial charge in [0.1, 0.15) is 5.75 Å². The molecule has 1 amide bonds. The van der Waals surface area contributed by atoms with E-state index in [4.69, 9.17) is 4.74 Å². The number of nitrogens with zero attached hydrogens (tertiary/aromatic N) is 1. The number of hydrogen-bond donors (Lipinski definition) is 2. The molecule has 0 aliphatic heterocycles. The van der Waals surface area contributed by atoms with Crippen molar-refractivity contribution in [3.8, 4) is 5.75 Å². The van der Waals surface area contributed by atoms with Gasteiger partial charge >= 0.3 is 0 Å². The van der Waals surface area contributed by atoms with E-state index in [-0.39, 0.29) is 11.5 Å². The maximum atomic E-state index is 12.3. The lowest BCUT2D eigenvalue weighted by atomic mass is 10.3. The predicted molar refractivity (Wildman–Crippen MR) is 91.2 cm³/mol. The number of aromatic amines is 1. The molecule has 0 aliphatic rings. The number of carbonyl (C=O) groups is 1. The number of aromatic nitrogens is 2. The zero-order valence-corrected chi connectivity index (χ0v) is 14.1. The predicted octanol–water partition coefficient (Wildman–Crippen LogP) is 2.60. The summed E-state index contributed by atoms with van der Waals surface area (Å²) in [6.45, 7) is 5.90. The van der Waals surface area contributed by atoms with Crippen molar-refractivity contribution in [1.82, 2.24) is 9.97 Å². The highest BCUT2D eigenvalue weighted by Crippen LogP contribution is 2.26. The van der Waals surface area contributed by atoms with E-state index in [1.165, 1.54) is 17.8 Å².